The Hall–Kier alpha value is -1.24. The number of hydrogen-bond donors (Lipinski definition) is 1. The van der Waals surface area contributed by atoms with Gasteiger partial charge in [0, 0.05) is 6.54 Å². The van der Waals surface area contributed by atoms with Crippen molar-refractivity contribution in [2.75, 3.05) is 6.54 Å². The molecule has 4 nitrogen and oxygen atoms in total. The molecule has 0 aliphatic carbocycles. The summed E-state index contributed by atoms with van der Waals surface area (Å²) in [6.07, 6.45) is 0.383. The molecule has 0 radical (unpaired) electrons. The van der Waals surface area contributed by atoms with Gasteiger partial charge in [-0.05, 0) is 5.92 Å². The zero-order valence-electron chi connectivity index (χ0n) is 6.03. The lowest BCUT2D eigenvalue weighted by atomic mass is 10.2. The van der Waals surface area contributed by atoms with Gasteiger partial charge in [0.1, 0.15) is 0 Å². The van der Waals surface area contributed by atoms with Gasteiger partial charge in [-0.2, -0.15) is 5.26 Å². The Labute approximate surface area is 59.7 Å². The van der Waals surface area contributed by atoms with Gasteiger partial charge in [0.05, 0.1) is 0 Å². The Morgan fingerprint density at radius 2 is 2.30 bits per heavy atom. The second-order valence-corrected chi connectivity index (χ2v) is 2.39. The average molecular weight is 142 g/mol. The van der Waals surface area contributed by atoms with Crippen molar-refractivity contribution >= 4 is 6.09 Å². The maximum absolute atomic E-state index is 10.2. The molecule has 10 heavy (non-hydrogen) atoms. The molecule has 1 N–H and O–H groups in total. The summed E-state index contributed by atoms with van der Waals surface area (Å²) in [5.74, 6) is 0.191. The van der Waals surface area contributed by atoms with Crippen LogP contribution in [-0.2, 0) is 0 Å². The predicted molar refractivity (Wildman–Crippen MR) is 35.2 cm³/mol. The van der Waals surface area contributed by atoms with Crippen molar-refractivity contribution < 1.29 is 9.90 Å². The van der Waals surface area contributed by atoms with Gasteiger partial charge in [0.2, 0.25) is 0 Å². The minimum Gasteiger partial charge on any atom is -0.464 e. The van der Waals surface area contributed by atoms with E-state index in [1.807, 2.05) is 13.8 Å². The monoisotopic (exact) mass is 142 g/mol. The Morgan fingerprint density at radius 1 is 1.80 bits per heavy atom. The highest BCUT2D eigenvalue weighted by Gasteiger charge is 2.10. The molecule has 56 valence electrons. The van der Waals surface area contributed by atoms with Crippen LogP contribution in [0.5, 0.6) is 0 Å². The molecule has 0 aromatic carbocycles. The Kier molecular flexibility index (Phi) is 3.26. The summed E-state index contributed by atoms with van der Waals surface area (Å²) >= 11 is 0. The number of nitriles is 1. The fourth-order valence-corrected chi connectivity index (χ4v) is 0.527. The third-order valence-corrected chi connectivity index (χ3v) is 0.899. The van der Waals surface area contributed by atoms with E-state index in [1.165, 1.54) is 0 Å². The van der Waals surface area contributed by atoms with E-state index in [2.05, 4.69) is 0 Å². The van der Waals surface area contributed by atoms with E-state index in [1.54, 1.807) is 6.19 Å². The maximum atomic E-state index is 10.2. The van der Waals surface area contributed by atoms with Crippen LogP contribution >= 0.6 is 0 Å². The van der Waals surface area contributed by atoms with E-state index in [0.29, 0.717) is 4.90 Å². The summed E-state index contributed by atoms with van der Waals surface area (Å²) in [4.78, 5) is 10.9. The smallest absolute Gasteiger partial charge is 0.420 e. The lowest BCUT2D eigenvalue weighted by Gasteiger charge is -2.10. The fourth-order valence-electron chi connectivity index (χ4n) is 0.527. The first-order valence-corrected chi connectivity index (χ1v) is 2.98. The molecule has 0 aliphatic rings. The third-order valence-electron chi connectivity index (χ3n) is 0.899. The first-order chi connectivity index (χ1) is 4.57. The van der Waals surface area contributed by atoms with Crippen LogP contribution in [0.15, 0.2) is 0 Å². The van der Waals surface area contributed by atoms with Gasteiger partial charge in [-0.25, -0.2) is 9.69 Å². The summed E-state index contributed by atoms with van der Waals surface area (Å²) in [7, 11) is 0. The lowest BCUT2D eigenvalue weighted by molar-refractivity contribution is 0.161. The van der Waals surface area contributed by atoms with Crippen LogP contribution in [0.25, 0.3) is 0 Å². The zero-order valence-corrected chi connectivity index (χ0v) is 6.03. The van der Waals surface area contributed by atoms with Gasteiger partial charge in [-0.3, -0.25) is 0 Å². The first kappa shape index (κ1) is 8.76. The molecule has 0 aliphatic heterocycles. The van der Waals surface area contributed by atoms with Gasteiger partial charge < -0.3 is 5.11 Å². The molecular weight excluding hydrogens is 132 g/mol. The molecule has 0 bridgehead atoms. The SMILES string of the molecule is CC(C)CN(C#N)C(=O)O. The van der Waals surface area contributed by atoms with Gasteiger partial charge in [0.15, 0.2) is 6.19 Å². The summed E-state index contributed by atoms with van der Waals surface area (Å²) in [5.41, 5.74) is 0. The van der Waals surface area contributed by atoms with Crippen molar-refractivity contribution in [3.8, 4) is 6.19 Å². The minimum absolute atomic E-state index is 0.191. The van der Waals surface area contributed by atoms with Crippen LogP contribution in [0.1, 0.15) is 13.8 Å². The van der Waals surface area contributed by atoms with Gasteiger partial charge in [-0.1, -0.05) is 13.8 Å². The van der Waals surface area contributed by atoms with Crippen molar-refractivity contribution in [1.29, 1.82) is 5.26 Å². The highest BCUT2D eigenvalue weighted by molar-refractivity contribution is 5.66. The predicted octanol–water partition coefficient (Wildman–Crippen LogP) is 1.10. The first-order valence-electron chi connectivity index (χ1n) is 2.98. The van der Waals surface area contributed by atoms with E-state index in [4.69, 9.17) is 10.4 Å². The average Bonchev–Trinajstić information content (AvgIpc) is 1.81. The molecule has 0 unspecified atom stereocenters. The molecule has 0 aromatic heterocycles. The molecule has 0 atom stereocenters. The summed E-state index contributed by atoms with van der Waals surface area (Å²) in [6, 6.07) is 0. The summed E-state index contributed by atoms with van der Waals surface area (Å²) in [5, 5.41) is 16.6. The maximum Gasteiger partial charge on any atom is 0.420 e. The molecule has 0 heterocycles. The van der Waals surface area contributed by atoms with Crippen LogP contribution in [0.2, 0.25) is 0 Å². The van der Waals surface area contributed by atoms with Crippen molar-refractivity contribution in [2.24, 2.45) is 5.92 Å². The van der Waals surface area contributed by atoms with Crippen molar-refractivity contribution in [2.45, 2.75) is 13.8 Å². The van der Waals surface area contributed by atoms with E-state index >= 15 is 0 Å². The number of amides is 1. The molecule has 0 saturated heterocycles. The largest absolute Gasteiger partial charge is 0.464 e. The Balaban J connectivity index is 3.88. The Bertz CT molecular complexity index is 160. The van der Waals surface area contributed by atoms with Crippen molar-refractivity contribution in [3.05, 3.63) is 0 Å². The van der Waals surface area contributed by atoms with Crippen LogP contribution in [-0.4, -0.2) is 22.6 Å². The van der Waals surface area contributed by atoms with Crippen molar-refractivity contribution in [1.82, 2.24) is 4.90 Å². The van der Waals surface area contributed by atoms with E-state index in [-0.39, 0.29) is 12.5 Å². The lowest BCUT2D eigenvalue weighted by Crippen LogP contribution is -2.27. The molecule has 1 amide bonds. The third kappa shape index (κ3) is 2.92. The van der Waals surface area contributed by atoms with Crippen LogP contribution < -0.4 is 0 Å². The number of nitrogens with zero attached hydrogens (tertiary/aromatic N) is 2. The zero-order chi connectivity index (χ0) is 8.15. The summed E-state index contributed by atoms with van der Waals surface area (Å²) in [6.45, 7) is 3.98. The van der Waals surface area contributed by atoms with Gasteiger partial charge in [-0.15, -0.1) is 0 Å². The van der Waals surface area contributed by atoms with E-state index in [9.17, 15) is 4.79 Å². The van der Waals surface area contributed by atoms with E-state index < -0.39 is 6.09 Å². The Morgan fingerprint density at radius 3 is 2.40 bits per heavy atom. The molecular formula is C6H10N2O2. The number of carboxylic acid groups (broad SMARTS) is 1. The number of hydrogen-bond acceptors (Lipinski definition) is 2. The second-order valence-electron chi connectivity index (χ2n) is 2.39. The molecule has 0 saturated carbocycles. The fraction of sp³-hybridized carbons (Fsp3) is 0.667. The highest BCUT2D eigenvalue weighted by atomic mass is 16.4. The molecule has 0 rings (SSSR count). The standard InChI is InChI=1S/C6H10N2O2/c1-5(2)3-8(4-7)6(9)10/h5H,3H2,1-2H3,(H,9,10). The molecule has 0 fully saturated rings. The van der Waals surface area contributed by atoms with Gasteiger partial charge >= 0.3 is 6.09 Å². The van der Waals surface area contributed by atoms with Crippen LogP contribution in [0, 0.1) is 17.4 Å². The quantitative estimate of drug-likeness (QED) is 0.464. The second kappa shape index (κ2) is 3.72. The molecule has 0 spiro atoms. The molecule has 4 heteroatoms. The summed E-state index contributed by atoms with van der Waals surface area (Å²) < 4.78 is 0. The van der Waals surface area contributed by atoms with Crippen LogP contribution in [0.3, 0.4) is 0 Å². The number of rotatable bonds is 2. The number of carbonyl (C=O) groups is 1. The van der Waals surface area contributed by atoms with Crippen molar-refractivity contribution in [3.63, 3.8) is 0 Å². The van der Waals surface area contributed by atoms with Gasteiger partial charge in [0.25, 0.3) is 0 Å². The van der Waals surface area contributed by atoms with E-state index in [0.717, 1.165) is 0 Å². The molecule has 0 aromatic rings. The minimum atomic E-state index is -1.18. The normalized spacial score (nSPS) is 9.00. The highest BCUT2D eigenvalue weighted by Crippen LogP contribution is 1.96. The topological polar surface area (TPSA) is 64.3 Å². The van der Waals surface area contributed by atoms with Crippen LogP contribution in [0.4, 0.5) is 4.79 Å².